The number of fused-ring (bicyclic) bond motifs is 2. The molecule has 0 aromatic heterocycles. The summed E-state index contributed by atoms with van der Waals surface area (Å²) in [5.74, 6) is 0. The molecule has 2 rings (SSSR count). The minimum atomic E-state index is -0.878. The van der Waals surface area contributed by atoms with Gasteiger partial charge in [0.1, 0.15) is 7.85 Å². The highest BCUT2D eigenvalue weighted by Crippen LogP contribution is 2.31. The number of rotatable bonds is 0. The molecular formula is C7H12BNO. The van der Waals surface area contributed by atoms with Crippen LogP contribution in [0.5, 0.6) is 0 Å². The second kappa shape index (κ2) is 1.99. The molecule has 2 atom stereocenters. The molecule has 3 heteroatoms. The number of nitrogens with one attached hydrogen (secondary N) is 1. The van der Waals surface area contributed by atoms with Crippen LogP contribution in [-0.2, 0) is 0 Å². The van der Waals surface area contributed by atoms with E-state index in [-0.39, 0.29) is 0 Å². The third-order valence-electron chi connectivity index (χ3n) is 2.53. The molecule has 2 saturated heterocycles. The fourth-order valence-corrected chi connectivity index (χ4v) is 2.16. The molecular weight excluding hydrogens is 125 g/mol. The Bertz CT molecular complexity index is 135. The highest BCUT2D eigenvalue weighted by Gasteiger charge is 2.38. The van der Waals surface area contributed by atoms with Crippen LogP contribution in [0.25, 0.3) is 0 Å². The summed E-state index contributed by atoms with van der Waals surface area (Å²) < 4.78 is 0. The Morgan fingerprint density at radius 1 is 1.30 bits per heavy atom. The molecule has 0 amide bonds. The van der Waals surface area contributed by atoms with E-state index in [0.717, 1.165) is 12.8 Å². The van der Waals surface area contributed by atoms with Gasteiger partial charge in [0.2, 0.25) is 0 Å². The van der Waals surface area contributed by atoms with Gasteiger partial charge in [-0.2, -0.15) is 0 Å². The van der Waals surface area contributed by atoms with E-state index in [1.54, 1.807) is 0 Å². The Kier molecular flexibility index (Phi) is 1.33. The van der Waals surface area contributed by atoms with Gasteiger partial charge < -0.3 is 10.4 Å². The van der Waals surface area contributed by atoms with Crippen molar-refractivity contribution in [3.8, 4) is 0 Å². The highest BCUT2D eigenvalue weighted by molar-refractivity contribution is 6.14. The molecule has 2 unspecified atom stereocenters. The van der Waals surface area contributed by atoms with Crippen molar-refractivity contribution in [3.63, 3.8) is 0 Å². The van der Waals surface area contributed by atoms with Gasteiger partial charge in [0.25, 0.3) is 0 Å². The molecule has 2 radical (unpaired) electrons. The second-order valence-corrected chi connectivity index (χ2v) is 3.65. The molecule has 0 aliphatic carbocycles. The van der Waals surface area contributed by atoms with Gasteiger partial charge in [-0.1, -0.05) is 0 Å². The van der Waals surface area contributed by atoms with Crippen LogP contribution in [0.15, 0.2) is 0 Å². The summed E-state index contributed by atoms with van der Waals surface area (Å²) >= 11 is 0. The van der Waals surface area contributed by atoms with Crippen LogP contribution >= 0.6 is 0 Å². The lowest BCUT2D eigenvalue weighted by Crippen LogP contribution is -2.48. The van der Waals surface area contributed by atoms with Crippen molar-refractivity contribution in [2.24, 2.45) is 0 Å². The van der Waals surface area contributed by atoms with Crippen LogP contribution in [-0.4, -0.2) is 30.5 Å². The van der Waals surface area contributed by atoms with Gasteiger partial charge in [0.05, 0.1) is 0 Å². The first-order valence-corrected chi connectivity index (χ1v) is 3.93. The van der Waals surface area contributed by atoms with E-state index in [1.165, 1.54) is 12.8 Å². The minimum Gasteiger partial charge on any atom is -0.400 e. The third-order valence-corrected chi connectivity index (χ3v) is 2.53. The van der Waals surface area contributed by atoms with Crippen LogP contribution in [0.2, 0.25) is 0 Å². The van der Waals surface area contributed by atoms with Gasteiger partial charge in [0, 0.05) is 17.6 Å². The molecule has 2 fully saturated rings. The van der Waals surface area contributed by atoms with Gasteiger partial charge in [0.15, 0.2) is 0 Å². The second-order valence-electron chi connectivity index (χ2n) is 3.65. The van der Waals surface area contributed by atoms with Gasteiger partial charge in [-0.25, -0.2) is 0 Å². The van der Waals surface area contributed by atoms with Crippen LogP contribution in [0.3, 0.4) is 0 Å². The summed E-state index contributed by atoms with van der Waals surface area (Å²) in [6, 6.07) is 0.961. The third kappa shape index (κ3) is 1.08. The van der Waals surface area contributed by atoms with Crippen molar-refractivity contribution in [1.29, 1.82) is 0 Å². The van der Waals surface area contributed by atoms with Gasteiger partial charge in [-0.15, -0.1) is 0 Å². The zero-order chi connectivity index (χ0) is 7.19. The minimum absolute atomic E-state index is 0.480. The van der Waals surface area contributed by atoms with Gasteiger partial charge in [-0.3, -0.25) is 0 Å². The SMILES string of the molecule is [B]C1(O)CC2CCC(C1)N2. The number of piperidine rings is 1. The number of hydrogen-bond donors (Lipinski definition) is 2. The first-order valence-electron chi connectivity index (χ1n) is 3.93. The van der Waals surface area contributed by atoms with Crippen LogP contribution < -0.4 is 5.32 Å². The largest absolute Gasteiger partial charge is 0.400 e. The molecule has 10 heavy (non-hydrogen) atoms. The van der Waals surface area contributed by atoms with E-state index in [0.29, 0.717) is 12.1 Å². The van der Waals surface area contributed by atoms with Gasteiger partial charge in [-0.05, 0) is 25.7 Å². The maximum absolute atomic E-state index is 9.49. The van der Waals surface area contributed by atoms with Crippen LogP contribution in [0.4, 0.5) is 0 Å². The standard InChI is InChI=1S/C7H12BNO/c8-7(10)3-5-1-2-6(4-7)9-5/h5-6,9-10H,1-4H2. The van der Waals surface area contributed by atoms with Crippen molar-refractivity contribution < 1.29 is 5.11 Å². The van der Waals surface area contributed by atoms with Gasteiger partial charge >= 0.3 is 0 Å². The quantitative estimate of drug-likeness (QED) is 0.451. The molecule has 2 nitrogen and oxygen atoms in total. The predicted octanol–water partition coefficient (Wildman–Crippen LogP) is -0.242. The highest BCUT2D eigenvalue weighted by atomic mass is 16.3. The summed E-state index contributed by atoms with van der Waals surface area (Å²) in [5, 5.41) is 12.9. The van der Waals surface area contributed by atoms with E-state index in [2.05, 4.69) is 5.32 Å². The normalized spacial score (nSPS) is 53.3. The molecule has 0 aromatic rings. The lowest BCUT2D eigenvalue weighted by Gasteiger charge is -2.34. The van der Waals surface area contributed by atoms with Crippen molar-refractivity contribution in [2.45, 2.75) is 43.3 Å². The Labute approximate surface area is 62.4 Å². The summed E-state index contributed by atoms with van der Waals surface area (Å²) in [7, 11) is 5.61. The molecule has 54 valence electrons. The maximum atomic E-state index is 9.49. The maximum Gasteiger partial charge on any atom is 0.113 e. The molecule has 2 aliphatic rings. The number of hydrogen-bond acceptors (Lipinski definition) is 2. The summed E-state index contributed by atoms with van der Waals surface area (Å²) in [6.07, 6.45) is 3.82. The Balaban J connectivity index is 2.09. The summed E-state index contributed by atoms with van der Waals surface area (Å²) in [6.45, 7) is 0. The molecule has 2 bridgehead atoms. The predicted molar refractivity (Wildman–Crippen MR) is 39.9 cm³/mol. The molecule has 2 heterocycles. The summed E-state index contributed by atoms with van der Waals surface area (Å²) in [5.41, 5.74) is -0.878. The fourth-order valence-electron chi connectivity index (χ4n) is 2.16. The lowest BCUT2D eigenvalue weighted by atomic mass is 9.72. The first-order chi connectivity index (χ1) is 4.66. The zero-order valence-corrected chi connectivity index (χ0v) is 6.01. The Morgan fingerprint density at radius 2 is 1.80 bits per heavy atom. The first kappa shape index (κ1) is 6.68. The summed E-state index contributed by atoms with van der Waals surface area (Å²) in [4.78, 5) is 0. The smallest absolute Gasteiger partial charge is 0.113 e. The van der Waals surface area contributed by atoms with Crippen LogP contribution in [0, 0.1) is 0 Å². The van der Waals surface area contributed by atoms with Crippen molar-refractivity contribution in [1.82, 2.24) is 5.32 Å². The van der Waals surface area contributed by atoms with E-state index in [9.17, 15) is 5.11 Å². The monoisotopic (exact) mass is 137 g/mol. The van der Waals surface area contributed by atoms with E-state index >= 15 is 0 Å². The Morgan fingerprint density at radius 3 is 2.30 bits per heavy atom. The van der Waals surface area contributed by atoms with E-state index < -0.39 is 5.50 Å². The topological polar surface area (TPSA) is 32.3 Å². The van der Waals surface area contributed by atoms with Crippen molar-refractivity contribution in [3.05, 3.63) is 0 Å². The van der Waals surface area contributed by atoms with Crippen molar-refractivity contribution in [2.75, 3.05) is 0 Å². The molecule has 2 aliphatic heterocycles. The van der Waals surface area contributed by atoms with E-state index in [1.807, 2.05) is 0 Å². The molecule has 0 aromatic carbocycles. The fraction of sp³-hybridized carbons (Fsp3) is 1.00. The van der Waals surface area contributed by atoms with E-state index in [4.69, 9.17) is 7.85 Å². The van der Waals surface area contributed by atoms with Crippen LogP contribution in [0.1, 0.15) is 25.7 Å². The molecule has 0 saturated carbocycles. The Hall–Kier alpha value is -0.0151. The van der Waals surface area contributed by atoms with Crippen molar-refractivity contribution >= 4 is 7.85 Å². The molecule has 2 N–H and O–H groups in total. The zero-order valence-electron chi connectivity index (χ0n) is 6.01. The average Bonchev–Trinajstić information content (AvgIpc) is 2.08. The molecule has 0 spiro atoms. The number of aliphatic hydroxyl groups is 1. The average molecular weight is 137 g/mol. The lowest BCUT2D eigenvalue weighted by molar-refractivity contribution is 0.0716.